The lowest BCUT2D eigenvalue weighted by atomic mass is 9.88. The summed E-state index contributed by atoms with van der Waals surface area (Å²) in [5, 5.41) is 16.4. The van der Waals surface area contributed by atoms with Crippen molar-refractivity contribution >= 4 is 40.1 Å². The summed E-state index contributed by atoms with van der Waals surface area (Å²) < 4.78 is 13.7. The molecule has 32 heavy (non-hydrogen) atoms. The molecule has 0 saturated heterocycles. The number of hydrogen-bond acceptors (Lipinski definition) is 4. The first kappa shape index (κ1) is 23.8. The second kappa shape index (κ2) is 9.73. The van der Waals surface area contributed by atoms with Crippen LogP contribution in [0.25, 0.3) is 0 Å². The number of thioether (sulfide) groups is 1. The molecule has 0 radical (unpaired) electrons. The Morgan fingerprint density at radius 1 is 1.22 bits per heavy atom. The van der Waals surface area contributed by atoms with E-state index < -0.39 is 11.4 Å². The molecular weight excluding hydrogens is 427 g/mol. The molecule has 0 aliphatic carbocycles. The number of aliphatic imine (C=N–C) groups is 2. The first-order chi connectivity index (χ1) is 15.1. The average Bonchev–Trinajstić information content (AvgIpc) is 3.16. The third-order valence-electron chi connectivity index (χ3n) is 5.55. The van der Waals surface area contributed by atoms with Crippen LogP contribution in [0.2, 0.25) is 0 Å². The molecule has 1 aliphatic rings. The normalized spacial score (nSPS) is 18.9. The van der Waals surface area contributed by atoms with Gasteiger partial charge >= 0.3 is 5.97 Å². The highest BCUT2D eigenvalue weighted by molar-refractivity contribution is 8.15. The lowest BCUT2D eigenvalue weighted by molar-refractivity contribution is -0.147. The van der Waals surface area contributed by atoms with E-state index in [1.54, 1.807) is 50.9 Å². The van der Waals surface area contributed by atoms with Gasteiger partial charge in [-0.2, -0.15) is 0 Å². The molecular formula is C24H29FN4O2S. The minimum atomic E-state index is -0.786. The molecule has 2 aromatic rings. The Morgan fingerprint density at radius 3 is 2.53 bits per heavy atom. The minimum absolute atomic E-state index is 0.186. The van der Waals surface area contributed by atoms with Crippen molar-refractivity contribution in [1.29, 1.82) is 0 Å². The number of rotatable bonds is 7. The van der Waals surface area contributed by atoms with E-state index in [-0.39, 0.29) is 10.6 Å². The van der Waals surface area contributed by atoms with Crippen LogP contribution in [0, 0.1) is 11.2 Å². The monoisotopic (exact) mass is 456 g/mol. The second-order valence-corrected chi connectivity index (χ2v) is 10.2. The summed E-state index contributed by atoms with van der Waals surface area (Å²) in [5.41, 5.74) is 1.56. The Balaban J connectivity index is 1.60. The van der Waals surface area contributed by atoms with Crippen LogP contribution in [-0.2, 0) is 9.54 Å². The van der Waals surface area contributed by atoms with Gasteiger partial charge in [0.1, 0.15) is 5.82 Å². The van der Waals surface area contributed by atoms with Crippen LogP contribution >= 0.6 is 11.8 Å². The number of benzene rings is 2. The molecule has 1 atom stereocenters. The van der Waals surface area contributed by atoms with Crippen LogP contribution in [0.3, 0.4) is 0 Å². The van der Waals surface area contributed by atoms with Crippen LogP contribution in [0.15, 0.2) is 58.5 Å². The molecule has 0 spiro atoms. The van der Waals surface area contributed by atoms with Crippen molar-refractivity contribution in [3.8, 4) is 0 Å². The van der Waals surface area contributed by atoms with Crippen LogP contribution < -0.4 is 10.6 Å². The number of nitrogens with zero attached hydrogens (tertiary/aromatic N) is 2. The van der Waals surface area contributed by atoms with Gasteiger partial charge in [0, 0.05) is 12.7 Å². The van der Waals surface area contributed by atoms with E-state index in [0.29, 0.717) is 31.0 Å². The van der Waals surface area contributed by atoms with Crippen molar-refractivity contribution in [2.45, 2.75) is 38.4 Å². The molecule has 6 nitrogen and oxygen atoms in total. The van der Waals surface area contributed by atoms with Crippen molar-refractivity contribution in [1.82, 2.24) is 0 Å². The summed E-state index contributed by atoms with van der Waals surface area (Å²) in [6.07, 6.45) is 1.22. The Hall–Kier alpha value is -2.87. The smallest absolute Gasteiger partial charge is 0.309 e. The maximum absolute atomic E-state index is 13.9. The molecule has 0 aromatic heterocycles. The fourth-order valence-corrected chi connectivity index (χ4v) is 4.48. The van der Waals surface area contributed by atoms with Gasteiger partial charge in [0.15, 0.2) is 5.96 Å². The molecule has 3 rings (SSSR count). The molecule has 170 valence electrons. The summed E-state index contributed by atoms with van der Waals surface area (Å²) in [6, 6.07) is 14.5. The number of para-hydroxylation sites is 1. The van der Waals surface area contributed by atoms with Gasteiger partial charge in [0.2, 0.25) is 0 Å². The minimum Gasteiger partial charge on any atom is -0.481 e. The van der Waals surface area contributed by atoms with E-state index in [1.165, 1.54) is 6.07 Å². The summed E-state index contributed by atoms with van der Waals surface area (Å²) >= 11 is 1.71. The summed E-state index contributed by atoms with van der Waals surface area (Å²) in [4.78, 5) is 20.2. The average molecular weight is 457 g/mol. The number of carboxylic acids is 1. The zero-order valence-corrected chi connectivity index (χ0v) is 19.6. The third-order valence-corrected chi connectivity index (χ3v) is 6.94. The lowest BCUT2D eigenvalue weighted by Gasteiger charge is -2.24. The zero-order valence-electron chi connectivity index (χ0n) is 18.8. The van der Waals surface area contributed by atoms with Crippen LogP contribution in [0.5, 0.6) is 0 Å². The molecule has 1 heterocycles. The first-order valence-electron chi connectivity index (χ1n) is 10.4. The lowest BCUT2D eigenvalue weighted by Crippen LogP contribution is -2.24. The number of halogens is 1. The maximum atomic E-state index is 13.9. The van der Waals surface area contributed by atoms with Crippen molar-refractivity contribution in [2.75, 3.05) is 24.2 Å². The van der Waals surface area contributed by atoms with E-state index in [9.17, 15) is 14.3 Å². The standard InChI is InChI=1S/C24H29FN4O2S/c1-23(2,21(30)31)14-13-20-27-15-24(3,32-20)16-9-11-17(12-10-16)28-22(26-4)29-19-8-6-5-7-18(19)25/h5-12H,13-15H2,1-4H3,(H,30,31)(H2,26,28,29). The Morgan fingerprint density at radius 2 is 1.91 bits per heavy atom. The predicted octanol–water partition coefficient (Wildman–Crippen LogP) is 5.59. The SMILES string of the molecule is CN=C(Nc1ccc(C2(C)CN=C(CCC(C)(C)C(=O)O)S2)cc1)Nc1ccccc1F. The molecule has 8 heteroatoms. The van der Waals surface area contributed by atoms with E-state index in [1.807, 2.05) is 24.3 Å². The highest BCUT2D eigenvalue weighted by Crippen LogP contribution is 2.43. The summed E-state index contributed by atoms with van der Waals surface area (Å²) in [7, 11) is 1.63. The van der Waals surface area contributed by atoms with Gasteiger partial charge in [-0.3, -0.25) is 14.8 Å². The molecule has 1 aliphatic heterocycles. The highest BCUT2D eigenvalue weighted by atomic mass is 32.2. The van der Waals surface area contributed by atoms with Crippen molar-refractivity contribution < 1.29 is 14.3 Å². The van der Waals surface area contributed by atoms with E-state index >= 15 is 0 Å². The molecule has 3 N–H and O–H groups in total. The number of hydrogen-bond donors (Lipinski definition) is 3. The largest absolute Gasteiger partial charge is 0.481 e. The van der Waals surface area contributed by atoms with Crippen molar-refractivity contribution in [3.63, 3.8) is 0 Å². The molecule has 0 fully saturated rings. The number of guanidine groups is 1. The van der Waals surface area contributed by atoms with Gasteiger partial charge in [-0.15, -0.1) is 0 Å². The van der Waals surface area contributed by atoms with Gasteiger partial charge in [-0.1, -0.05) is 36.0 Å². The topological polar surface area (TPSA) is 86.1 Å². The Bertz CT molecular complexity index is 1040. The summed E-state index contributed by atoms with van der Waals surface area (Å²) in [5.74, 6) is -0.693. The van der Waals surface area contributed by atoms with Crippen LogP contribution in [0.4, 0.5) is 15.8 Å². The van der Waals surface area contributed by atoms with E-state index in [2.05, 4.69) is 27.5 Å². The molecule has 0 amide bonds. The van der Waals surface area contributed by atoms with Gasteiger partial charge in [-0.25, -0.2) is 4.39 Å². The zero-order chi connectivity index (χ0) is 23.4. The number of anilines is 2. The second-order valence-electron chi connectivity index (χ2n) is 8.61. The van der Waals surface area contributed by atoms with Crippen LogP contribution in [-0.4, -0.2) is 35.7 Å². The molecule has 1 unspecified atom stereocenters. The van der Waals surface area contributed by atoms with Crippen molar-refractivity contribution in [2.24, 2.45) is 15.4 Å². The number of nitrogens with one attached hydrogen (secondary N) is 2. The van der Waals surface area contributed by atoms with Gasteiger partial charge in [0.25, 0.3) is 0 Å². The Kier molecular flexibility index (Phi) is 7.23. The molecule has 0 bridgehead atoms. The van der Waals surface area contributed by atoms with Crippen LogP contribution in [0.1, 0.15) is 39.2 Å². The number of aliphatic carboxylic acids is 1. The van der Waals surface area contributed by atoms with Crippen molar-refractivity contribution in [3.05, 3.63) is 59.9 Å². The fraction of sp³-hybridized carbons (Fsp3) is 0.375. The number of carboxylic acid groups (broad SMARTS) is 1. The van der Waals surface area contributed by atoms with E-state index in [0.717, 1.165) is 16.3 Å². The first-order valence-corrected chi connectivity index (χ1v) is 11.3. The molecule has 2 aromatic carbocycles. The Labute approximate surface area is 192 Å². The van der Waals surface area contributed by atoms with E-state index in [4.69, 9.17) is 0 Å². The predicted molar refractivity (Wildman–Crippen MR) is 131 cm³/mol. The quantitative estimate of drug-likeness (QED) is 0.374. The summed E-state index contributed by atoms with van der Waals surface area (Å²) in [6.45, 7) is 6.30. The fourth-order valence-electron chi connectivity index (χ4n) is 3.25. The van der Waals surface area contributed by atoms with Gasteiger partial charge in [0.05, 0.1) is 27.4 Å². The number of carbonyl (C=O) groups is 1. The van der Waals surface area contributed by atoms with Gasteiger partial charge in [-0.05, 0) is 63.4 Å². The maximum Gasteiger partial charge on any atom is 0.309 e. The van der Waals surface area contributed by atoms with Gasteiger partial charge < -0.3 is 15.7 Å². The third kappa shape index (κ3) is 5.68. The molecule has 0 saturated carbocycles. The highest BCUT2D eigenvalue weighted by Gasteiger charge is 2.35.